The van der Waals surface area contributed by atoms with Crippen LogP contribution in [0.4, 0.5) is 5.13 Å². The van der Waals surface area contributed by atoms with Crippen molar-refractivity contribution in [3.05, 3.63) is 41.2 Å². The number of rotatable bonds is 6. The minimum absolute atomic E-state index is 0.173. The second-order valence-corrected chi connectivity index (χ2v) is 5.96. The Morgan fingerprint density at radius 1 is 1.50 bits per heavy atom. The van der Waals surface area contributed by atoms with Gasteiger partial charge in [-0.25, -0.2) is 9.97 Å². The molecule has 0 amide bonds. The van der Waals surface area contributed by atoms with Crippen molar-refractivity contribution >= 4 is 39.7 Å². The van der Waals surface area contributed by atoms with Crippen LogP contribution in [-0.2, 0) is 23.0 Å². The van der Waals surface area contributed by atoms with Crippen molar-refractivity contribution in [2.75, 3.05) is 12.0 Å². The Balaban J connectivity index is 1.61. The molecule has 0 saturated heterocycles. The molecule has 0 aliphatic rings. The van der Waals surface area contributed by atoms with Gasteiger partial charge in [0.05, 0.1) is 42.3 Å². The smallest absolute Gasteiger partial charge is 0.311 e. The molecule has 0 aliphatic carbocycles. The minimum Gasteiger partial charge on any atom is -0.466 e. The third-order valence-corrected chi connectivity index (χ3v) is 4.10. The molecular formula is C16H17N5O2S. The number of carbonyl (C=O) groups excluding carboxylic acids is 1. The van der Waals surface area contributed by atoms with E-state index in [0.717, 1.165) is 16.6 Å². The summed E-state index contributed by atoms with van der Waals surface area (Å²) in [5, 5.41) is 6.62. The van der Waals surface area contributed by atoms with E-state index in [1.54, 1.807) is 19.5 Å². The molecule has 0 aliphatic heterocycles. The SMILES string of the molecule is CCOC(=O)Cc1csc(NN=Cc2ccc3c(c2)ncn3C)n1. The minimum atomic E-state index is -0.276. The number of benzene rings is 1. The highest BCUT2D eigenvalue weighted by molar-refractivity contribution is 7.13. The number of aryl methyl sites for hydroxylation is 1. The van der Waals surface area contributed by atoms with Crippen LogP contribution < -0.4 is 5.43 Å². The van der Waals surface area contributed by atoms with Gasteiger partial charge in [-0.3, -0.25) is 10.2 Å². The Kier molecular flexibility index (Phi) is 4.85. The number of thiazole rings is 1. The highest BCUT2D eigenvalue weighted by Crippen LogP contribution is 2.16. The van der Waals surface area contributed by atoms with Crippen molar-refractivity contribution in [2.45, 2.75) is 13.3 Å². The van der Waals surface area contributed by atoms with E-state index in [9.17, 15) is 4.79 Å². The lowest BCUT2D eigenvalue weighted by molar-refractivity contribution is -0.142. The van der Waals surface area contributed by atoms with Gasteiger partial charge in [-0.1, -0.05) is 6.07 Å². The summed E-state index contributed by atoms with van der Waals surface area (Å²) in [7, 11) is 1.96. The molecule has 0 unspecified atom stereocenters. The predicted octanol–water partition coefficient (Wildman–Crippen LogP) is 2.58. The van der Waals surface area contributed by atoms with E-state index >= 15 is 0 Å². The Morgan fingerprint density at radius 3 is 3.21 bits per heavy atom. The third-order valence-electron chi connectivity index (χ3n) is 3.31. The predicted molar refractivity (Wildman–Crippen MR) is 94.4 cm³/mol. The molecule has 0 fully saturated rings. The second-order valence-electron chi connectivity index (χ2n) is 5.10. The summed E-state index contributed by atoms with van der Waals surface area (Å²) < 4.78 is 6.87. The van der Waals surface area contributed by atoms with Crippen molar-refractivity contribution < 1.29 is 9.53 Å². The zero-order chi connectivity index (χ0) is 16.9. The molecule has 0 spiro atoms. The second kappa shape index (κ2) is 7.22. The van der Waals surface area contributed by atoms with Gasteiger partial charge >= 0.3 is 5.97 Å². The first-order valence-electron chi connectivity index (χ1n) is 7.46. The topological polar surface area (TPSA) is 81.4 Å². The summed E-state index contributed by atoms with van der Waals surface area (Å²) in [5.74, 6) is -0.276. The molecular weight excluding hydrogens is 326 g/mol. The Morgan fingerprint density at radius 2 is 2.38 bits per heavy atom. The van der Waals surface area contributed by atoms with Gasteiger partial charge in [0, 0.05) is 12.4 Å². The molecule has 0 atom stereocenters. The fourth-order valence-electron chi connectivity index (χ4n) is 2.19. The van der Waals surface area contributed by atoms with E-state index in [2.05, 4.69) is 20.5 Å². The van der Waals surface area contributed by atoms with E-state index in [0.29, 0.717) is 17.4 Å². The van der Waals surface area contributed by atoms with Gasteiger partial charge in [0.1, 0.15) is 0 Å². The first kappa shape index (κ1) is 16.1. The van der Waals surface area contributed by atoms with Crippen LogP contribution in [0.1, 0.15) is 18.2 Å². The fraction of sp³-hybridized carbons (Fsp3) is 0.250. The van der Waals surface area contributed by atoms with Crippen LogP contribution in [0.25, 0.3) is 11.0 Å². The number of aromatic nitrogens is 3. The van der Waals surface area contributed by atoms with Crippen molar-refractivity contribution in [1.82, 2.24) is 14.5 Å². The summed E-state index contributed by atoms with van der Waals surface area (Å²) in [6.45, 7) is 2.15. The van der Waals surface area contributed by atoms with E-state index in [1.165, 1.54) is 11.3 Å². The Labute approximate surface area is 143 Å². The molecule has 1 aromatic carbocycles. The number of hydrazone groups is 1. The van der Waals surface area contributed by atoms with Gasteiger partial charge < -0.3 is 9.30 Å². The number of carbonyl (C=O) groups is 1. The Bertz CT molecular complexity index is 884. The molecule has 3 aromatic rings. The quantitative estimate of drug-likeness (QED) is 0.423. The van der Waals surface area contributed by atoms with Crippen LogP contribution in [0.5, 0.6) is 0 Å². The lowest BCUT2D eigenvalue weighted by atomic mass is 10.2. The summed E-state index contributed by atoms with van der Waals surface area (Å²) in [5.41, 5.74) is 6.48. The van der Waals surface area contributed by atoms with Crippen molar-refractivity contribution in [3.8, 4) is 0 Å². The van der Waals surface area contributed by atoms with Crippen LogP contribution in [0, 0.1) is 0 Å². The highest BCUT2D eigenvalue weighted by Gasteiger charge is 2.07. The van der Waals surface area contributed by atoms with Crippen LogP contribution >= 0.6 is 11.3 Å². The summed E-state index contributed by atoms with van der Waals surface area (Å²) >= 11 is 1.39. The number of imidazole rings is 1. The molecule has 3 rings (SSSR count). The van der Waals surface area contributed by atoms with Gasteiger partial charge in [-0.2, -0.15) is 5.10 Å². The first-order chi connectivity index (χ1) is 11.7. The summed E-state index contributed by atoms with van der Waals surface area (Å²) in [6.07, 6.45) is 3.66. The molecule has 8 heteroatoms. The maximum Gasteiger partial charge on any atom is 0.311 e. The van der Waals surface area contributed by atoms with Crippen LogP contribution in [0.3, 0.4) is 0 Å². The number of nitrogens with zero attached hydrogens (tertiary/aromatic N) is 4. The average molecular weight is 343 g/mol. The number of nitrogens with one attached hydrogen (secondary N) is 1. The maximum absolute atomic E-state index is 11.4. The standard InChI is InChI=1S/C16H17N5O2S/c1-3-23-15(22)7-12-9-24-16(19-12)20-18-8-11-4-5-14-13(6-11)17-10-21(14)2/h4-6,8-10H,3,7H2,1-2H3,(H,19,20). The van der Waals surface area contributed by atoms with Crippen LogP contribution in [0.15, 0.2) is 35.0 Å². The first-order valence-corrected chi connectivity index (χ1v) is 8.34. The summed E-state index contributed by atoms with van der Waals surface area (Å²) in [6, 6.07) is 5.95. The van der Waals surface area contributed by atoms with Gasteiger partial charge in [-0.15, -0.1) is 11.3 Å². The largest absolute Gasteiger partial charge is 0.466 e. The molecule has 2 aromatic heterocycles. The number of anilines is 1. The number of fused-ring (bicyclic) bond motifs is 1. The monoisotopic (exact) mass is 343 g/mol. The molecule has 24 heavy (non-hydrogen) atoms. The van der Waals surface area contributed by atoms with Crippen LogP contribution in [0.2, 0.25) is 0 Å². The number of hydrogen-bond donors (Lipinski definition) is 1. The lowest BCUT2D eigenvalue weighted by Crippen LogP contribution is -2.07. The molecule has 2 heterocycles. The van der Waals surface area contributed by atoms with Crippen molar-refractivity contribution in [2.24, 2.45) is 12.1 Å². The number of hydrogen-bond acceptors (Lipinski definition) is 7. The lowest BCUT2D eigenvalue weighted by Gasteiger charge is -1.98. The van der Waals surface area contributed by atoms with E-state index in [-0.39, 0.29) is 12.4 Å². The zero-order valence-electron chi connectivity index (χ0n) is 13.4. The van der Waals surface area contributed by atoms with Gasteiger partial charge in [0.15, 0.2) is 0 Å². The van der Waals surface area contributed by atoms with E-state index in [4.69, 9.17) is 4.74 Å². The van der Waals surface area contributed by atoms with Gasteiger partial charge in [0.25, 0.3) is 0 Å². The normalized spacial score (nSPS) is 11.2. The molecule has 0 bridgehead atoms. The number of ether oxygens (including phenoxy) is 1. The summed E-state index contributed by atoms with van der Waals surface area (Å²) in [4.78, 5) is 20.0. The maximum atomic E-state index is 11.4. The number of esters is 1. The van der Waals surface area contributed by atoms with E-state index < -0.39 is 0 Å². The van der Waals surface area contributed by atoms with Crippen molar-refractivity contribution in [3.63, 3.8) is 0 Å². The van der Waals surface area contributed by atoms with Crippen LogP contribution in [-0.4, -0.2) is 33.3 Å². The van der Waals surface area contributed by atoms with E-state index in [1.807, 2.05) is 35.2 Å². The molecule has 1 N–H and O–H groups in total. The Hall–Kier alpha value is -2.74. The van der Waals surface area contributed by atoms with Gasteiger partial charge in [-0.05, 0) is 24.6 Å². The third kappa shape index (κ3) is 3.77. The van der Waals surface area contributed by atoms with Crippen molar-refractivity contribution in [1.29, 1.82) is 0 Å². The van der Waals surface area contributed by atoms with Gasteiger partial charge in [0.2, 0.25) is 5.13 Å². The fourth-order valence-corrected chi connectivity index (χ4v) is 2.85. The molecule has 7 nitrogen and oxygen atoms in total. The molecule has 0 saturated carbocycles. The highest BCUT2D eigenvalue weighted by atomic mass is 32.1. The molecule has 124 valence electrons. The zero-order valence-corrected chi connectivity index (χ0v) is 14.2. The molecule has 0 radical (unpaired) electrons. The average Bonchev–Trinajstić information content (AvgIpc) is 3.15.